The van der Waals surface area contributed by atoms with Crippen LogP contribution in [0.3, 0.4) is 0 Å². The van der Waals surface area contributed by atoms with E-state index >= 15 is 0 Å². The van der Waals surface area contributed by atoms with Crippen LogP contribution in [0, 0.1) is 22.9 Å². The molecule has 0 atom stereocenters. The second kappa shape index (κ2) is 11.8. The Balaban J connectivity index is 2.45. The molecule has 1 aliphatic carbocycles. The lowest BCUT2D eigenvalue weighted by molar-refractivity contribution is 0.838. The normalized spacial score (nSPS) is 13.9. The molecule has 0 heterocycles. The molecule has 0 N–H and O–H groups in total. The number of hydrogen-bond acceptors (Lipinski definition) is 0. The maximum absolute atomic E-state index is 4.03. The Morgan fingerprint density at radius 2 is 0.763 bits per heavy atom. The Bertz CT molecular complexity index is 1220. The molecule has 2 aromatic carbocycles. The molecule has 4 heteroatoms. The van der Waals surface area contributed by atoms with E-state index in [0.29, 0.717) is 33.2 Å². The molecule has 0 nitrogen and oxygen atoms in total. The van der Waals surface area contributed by atoms with Gasteiger partial charge in [0.2, 0.25) is 0 Å². The van der Waals surface area contributed by atoms with Gasteiger partial charge in [-0.3, -0.25) is 0 Å². The first-order chi connectivity index (χ1) is 17.6. The molecule has 0 bridgehead atoms. The fourth-order valence-electron chi connectivity index (χ4n) is 7.57. The monoisotopic (exact) mass is 668 g/mol. The fourth-order valence-corrected chi connectivity index (χ4v) is 19.3. The van der Waals surface area contributed by atoms with Crippen molar-refractivity contribution < 1.29 is 0 Å². The quantitative estimate of drug-likeness (QED) is 0.212. The zero-order chi connectivity index (χ0) is 28.7. The Kier molecular flexibility index (Phi) is 9.79. The Labute approximate surface area is 252 Å². The summed E-state index contributed by atoms with van der Waals surface area (Å²) in [6.07, 6.45) is 0. The molecule has 0 aliphatic heterocycles. The summed E-state index contributed by atoms with van der Waals surface area (Å²) in [7, 11) is -3.80. The van der Waals surface area contributed by atoms with E-state index in [2.05, 4.69) is 162 Å². The molecule has 1 aliphatic rings. The van der Waals surface area contributed by atoms with Gasteiger partial charge in [0.25, 0.3) is 0 Å². The molecule has 38 heavy (non-hydrogen) atoms. The molecule has 204 valence electrons. The highest BCUT2D eigenvalue weighted by Crippen LogP contribution is 2.48. The largest absolute Gasteiger partial charge is 0.146 e. The van der Waals surface area contributed by atoms with E-state index in [9.17, 15) is 0 Å². The van der Waals surface area contributed by atoms with E-state index in [1.807, 2.05) is 0 Å². The zero-order valence-electron chi connectivity index (χ0n) is 25.5. The van der Waals surface area contributed by atoms with Crippen LogP contribution in [0.15, 0.2) is 33.2 Å². The molecule has 0 saturated carbocycles. The predicted molar refractivity (Wildman–Crippen MR) is 184 cm³/mol. The van der Waals surface area contributed by atoms with Crippen LogP contribution < -0.4 is 0 Å². The summed E-state index contributed by atoms with van der Waals surface area (Å²) in [5, 5.41) is 2.50. The highest BCUT2D eigenvalue weighted by atomic mass is 79.9. The lowest BCUT2D eigenvalue weighted by Gasteiger charge is -2.38. The van der Waals surface area contributed by atoms with Crippen molar-refractivity contribution in [3.63, 3.8) is 0 Å². The van der Waals surface area contributed by atoms with Crippen LogP contribution in [0.4, 0.5) is 0 Å². The van der Waals surface area contributed by atoms with Gasteiger partial charge >= 0.3 is 0 Å². The van der Waals surface area contributed by atoms with E-state index in [4.69, 9.17) is 0 Å². The average Bonchev–Trinajstić information content (AvgIpc) is 3.09. The minimum Gasteiger partial charge on any atom is -0.125 e. The summed E-state index contributed by atoms with van der Waals surface area (Å²) < 4.78 is 2.22. The average molecular weight is 671 g/mol. The number of hydrogen-bond donors (Lipinski definition) is 0. The first-order valence-corrected chi connectivity index (χ1v) is 20.4. The van der Waals surface area contributed by atoms with Gasteiger partial charge in [0.15, 0.2) is 0 Å². The molecule has 0 spiro atoms. The first-order valence-electron chi connectivity index (χ1n) is 14.4. The van der Waals surface area contributed by atoms with Crippen LogP contribution in [-0.4, -0.2) is 16.1 Å². The van der Waals surface area contributed by atoms with Gasteiger partial charge in [0.1, 0.15) is 16.1 Å². The molecule has 0 aromatic heterocycles. The molecular weight excluding hydrogens is 624 g/mol. The lowest BCUT2D eigenvalue weighted by atomic mass is 10.0. The number of rotatable bonds is 6. The third-order valence-electron chi connectivity index (χ3n) is 9.39. The first kappa shape index (κ1) is 31.5. The highest BCUT2D eigenvalue weighted by Gasteiger charge is 2.43. The predicted octanol–water partition coefficient (Wildman–Crippen LogP) is 12.0. The second-order valence-electron chi connectivity index (χ2n) is 13.0. The number of benzene rings is 2. The van der Waals surface area contributed by atoms with Crippen molar-refractivity contribution in [2.75, 3.05) is 0 Å². The molecule has 0 saturated heterocycles. The van der Waals surface area contributed by atoms with Crippen LogP contribution >= 0.6 is 31.9 Å². The van der Waals surface area contributed by atoms with E-state index in [1.54, 1.807) is 0 Å². The molecule has 0 unspecified atom stereocenters. The molecule has 0 radical (unpaired) electrons. The van der Waals surface area contributed by atoms with Crippen molar-refractivity contribution in [2.24, 2.45) is 0 Å². The topological polar surface area (TPSA) is 0 Å². The summed E-state index contributed by atoms with van der Waals surface area (Å²) in [4.78, 5) is 0. The van der Waals surface area contributed by atoms with Gasteiger partial charge in [-0.1, -0.05) is 139 Å². The van der Waals surface area contributed by atoms with Crippen molar-refractivity contribution in [1.82, 2.24) is 0 Å². The van der Waals surface area contributed by atoms with Gasteiger partial charge in [-0.2, -0.15) is 0 Å². The summed E-state index contributed by atoms with van der Waals surface area (Å²) in [5.41, 5.74) is 16.4. The van der Waals surface area contributed by atoms with Crippen molar-refractivity contribution in [3.8, 4) is 22.9 Å². The molecule has 3 rings (SSSR count). The third kappa shape index (κ3) is 5.09. The van der Waals surface area contributed by atoms with Crippen LogP contribution in [0.1, 0.15) is 94.2 Å². The molecular formula is C34H46Br2Si2. The minimum atomic E-state index is -1.90. The van der Waals surface area contributed by atoms with Gasteiger partial charge in [-0.15, -0.1) is 11.1 Å². The SMILES string of the molecule is CC(C)[Si](C#CC1=C(C#C[Si](C(C)C)(C(C)C)C(C)C)c2ccc(Br)c3c(Br)ccc1c23)(C(C)C)C(C)C. The van der Waals surface area contributed by atoms with Crippen molar-refractivity contribution in [3.05, 3.63) is 44.3 Å². The fraction of sp³-hybridized carbons (Fsp3) is 0.529. The maximum Gasteiger partial charge on any atom is 0.146 e. The summed E-state index contributed by atoms with van der Waals surface area (Å²) in [5.74, 6) is 7.72. The van der Waals surface area contributed by atoms with Crippen molar-refractivity contribution >= 4 is 69.9 Å². The minimum absolute atomic E-state index is 0.593. The third-order valence-corrected chi connectivity index (χ3v) is 23.3. The van der Waals surface area contributed by atoms with Crippen molar-refractivity contribution in [2.45, 2.75) is 116 Å². The Morgan fingerprint density at radius 1 is 0.474 bits per heavy atom. The van der Waals surface area contributed by atoms with Gasteiger partial charge in [-0.05, 0) is 56.5 Å². The number of halogens is 2. The molecule has 0 fully saturated rings. The van der Waals surface area contributed by atoms with Gasteiger partial charge < -0.3 is 0 Å². The summed E-state index contributed by atoms with van der Waals surface area (Å²) in [6, 6.07) is 8.86. The molecule has 0 amide bonds. The second-order valence-corrected chi connectivity index (χ2v) is 25.9. The van der Waals surface area contributed by atoms with Crippen LogP contribution in [0.25, 0.3) is 21.9 Å². The van der Waals surface area contributed by atoms with Gasteiger partial charge in [0, 0.05) is 30.9 Å². The van der Waals surface area contributed by atoms with Crippen LogP contribution in [0.5, 0.6) is 0 Å². The van der Waals surface area contributed by atoms with E-state index in [0.717, 1.165) is 20.1 Å². The number of allylic oxidation sites excluding steroid dienone is 2. The van der Waals surface area contributed by atoms with E-state index in [-0.39, 0.29) is 0 Å². The van der Waals surface area contributed by atoms with E-state index < -0.39 is 16.1 Å². The Morgan fingerprint density at radius 3 is 1.03 bits per heavy atom. The van der Waals surface area contributed by atoms with Crippen molar-refractivity contribution in [1.29, 1.82) is 0 Å². The standard InChI is InChI=1S/C34H46Br2Si2/c1-21(2)37(22(3)4,23(5)6)19-17-27-28(18-20-38(24(7)8,25(9)10)26(11)12)30-14-16-32(36)34-31(35)15-13-29(27)33(30)34/h13-16,21-26H,1-12H3. The maximum atomic E-state index is 4.03. The molecule has 2 aromatic rings. The van der Waals surface area contributed by atoms with Crippen LogP contribution in [0.2, 0.25) is 33.2 Å². The Hall–Kier alpha value is -1.05. The highest BCUT2D eigenvalue weighted by molar-refractivity contribution is 9.11. The summed E-state index contributed by atoms with van der Waals surface area (Å²) in [6.45, 7) is 28.7. The van der Waals surface area contributed by atoms with Gasteiger partial charge in [0.05, 0.1) is 0 Å². The summed E-state index contributed by atoms with van der Waals surface area (Å²) >= 11 is 7.67. The lowest BCUT2D eigenvalue weighted by Crippen LogP contribution is -2.43. The van der Waals surface area contributed by atoms with Gasteiger partial charge in [-0.25, -0.2) is 0 Å². The van der Waals surface area contributed by atoms with Crippen LogP contribution in [-0.2, 0) is 0 Å². The van der Waals surface area contributed by atoms with E-state index in [1.165, 1.54) is 21.9 Å². The smallest absolute Gasteiger partial charge is 0.125 e. The zero-order valence-corrected chi connectivity index (χ0v) is 30.7.